The number of epoxide rings is 1. The fraction of sp³-hybridized carbons (Fsp3) is 0.806. The zero-order valence-corrected chi connectivity index (χ0v) is 31.7. The van der Waals surface area contributed by atoms with E-state index in [0.717, 1.165) is 32.1 Å². The number of carboxylic acid groups (broad SMARTS) is 1. The molecule has 1 aliphatic carbocycles. The van der Waals surface area contributed by atoms with Crippen LogP contribution in [0.5, 0.6) is 0 Å². The molecule has 0 bridgehead atoms. The van der Waals surface area contributed by atoms with Gasteiger partial charge < -0.3 is 18.7 Å². The smallest absolute Gasteiger partial charge is 0.362 e. The number of hydrogen-bond acceptors (Lipinski definition) is 4. The fourth-order valence-corrected chi connectivity index (χ4v) is 8.12. The highest BCUT2D eigenvalue weighted by Gasteiger charge is 2.56. The molecule has 1 N–H and O–H groups in total. The summed E-state index contributed by atoms with van der Waals surface area (Å²) in [7, 11) is -4.93. The maximum absolute atomic E-state index is 13.1. The highest BCUT2D eigenvalue weighted by Crippen LogP contribution is 2.47. The normalized spacial score (nSPS) is 23.1. The van der Waals surface area contributed by atoms with E-state index in [0.29, 0.717) is 18.3 Å². The molecule has 0 radical (unpaired) electrons. The Hall–Kier alpha value is -1.18. The first kappa shape index (κ1) is 38.0. The van der Waals surface area contributed by atoms with Gasteiger partial charge in [-0.25, -0.2) is 4.79 Å². The molecule has 5 nitrogen and oxygen atoms in total. The summed E-state index contributed by atoms with van der Waals surface area (Å²) in [5, 5.41) is 10.4. The molecule has 1 unspecified atom stereocenters. The third kappa shape index (κ3) is 11.0. The van der Waals surface area contributed by atoms with E-state index in [1.165, 1.54) is 30.4 Å². The van der Waals surface area contributed by atoms with Crippen molar-refractivity contribution >= 4 is 22.6 Å². The molecule has 2 rings (SSSR count). The number of hydrogen-bond donors (Lipinski definition) is 1. The van der Waals surface area contributed by atoms with Gasteiger partial charge in [0.2, 0.25) is 0 Å². The molecule has 0 amide bonds. The topological polar surface area (TPSA) is 68.3 Å². The third-order valence-electron chi connectivity index (χ3n) is 10.3. The largest absolute Gasteiger partial charge is 0.477 e. The lowest BCUT2D eigenvalue weighted by atomic mass is 9.88. The Morgan fingerprint density at radius 1 is 1.00 bits per heavy atom. The van der Waals surface area contributed by atoms with Crippen LogP contribution >= 0.6 is 0 Å². The minimum atomic E-state index is -2.46. The Labute approximate surface area is 266 Å². The summed E-state index contributed by atoms with van der Waals surface area (Å²) >= 11 is 0. The predicted octanol–water partition coefficient (Wildman–Crippen LogP) is 10.3. The second kappa shape index (κ2) is 14.9. The Bertz CT molecular complexity index is 1020. The second-order valence-electron chi connectivity index (χ2n) is 16.4. The molecule has 2 fully saturated rings. The molecule has 0 aromatic heterocycles. The van der Waals surface area contributed by atoms with Crippen molar-refractivity contribution in [2.24, 2.45) is 11.8 Å². The van der Waals surface area contributed by atoms with E-state index in [4.69, 9.17) is 13.6 Å². The molecule has 1 saturated heterocycles. The van der Waals surface area contributed by atoms with Crippen LogP contribution in [0.4, 0.5) is 0 Å². The van der Waals surface area contributed by atoms with Crippen LogP contribution < -0.4 is 0 Å². The van der Waals surface area contributed by atoms with Gasteiger partial charge in [-0.15, -0.1) is 5.92 Å². The van der Waals surface area contributed by atoms with Gasteiger partial charge >= 0.3 is 5.97 Å². The average molecular weight is 633 g/mol. The fourth-order valence-electron chi connectivity index (χ4n) is 5.31. The molecule has 0 spiro atoms. The molecule has 0 aromatic carbocycles. The van der Waals surface area contributed by atoms with E-state index < -0.39 is 28.4 Å². The average Bonchev–Trinajstić information content (AvgIpc) is 3.51. The Morgan fingerprint density at radius 3 is 2.09 bits per heavy atom. The van der Waals surface area contributed by atoms with Crippen molar-refractivity contribution in [2.75, 3.05) is 0 Å². The number of rotatable bonds is 15. The van der Waals surface area contributed by atoms with Crippen LogP contribution in [0.15, 0.2) is 23.8 Å². The van der Waals surface area contributed by atoms with E-state index in [-0.39, 0.29) is 28.7 Å². The Balaban J connectivity index is 2.05. The maximum atomic E-state index is 13.1. The lowest BCUT2D eigenvalue weighted by Gasteiger charge is -2.48. The van der Waals surface area contributed by atoms with Crippen molar-refractivity contribution < 1.29 is 23.5 Å². The molecular formula is C36H64O5Si2. The van der Waals surface area contributed by atoms with Gasteiger partial charge in [-0.1, -0.05) is 77.7 Å². The van der Waals surface area contributed by atoms with E-state index in [1.807, 2.05) is 0 Å². The van der Waals surface area contributed by atoms with Gasteiger partial charge in [0.25, 0.3) is 5.79 Å². The first-order valence-corrected chi connectivity index (χ1v) is 22.5. The van der Waals surface area contributed by atoms with E-state index in [1.54, 1.807) is 0 Å². The van der Waals surface area contributed by atoms with Crippen molar-refractivity contribution in [1.82, 2.24) is 0 Å². The predicted molar refractivity (Wildman–Crippen MR) is 185 cm³/mol. The molecule has 1 saturated carbocycles. The zero-order chi connectivity index (χ0) is 32.9. The van der Waals surface area contributed by atoms with Crippen LogP contribution in [0.25, 0.3) is 0 Å². The summed E-state index contributed by atoms with van der Waals surface area (Å²) in [5.74, 6) is 5.08. The first-order chi connectivity index (χ1) is 19.6. The molecule has 1 aliphatic heterocycles. The highest BCUT2D eigenvalue weighted by atomic mass is 28.4. The summed E-state index contributed by atoms with van der Waals surface area (Å²) in [5.41, 5.74) is 2.69. The van der Waals surface area contributed by atoms with Crippen molar-refractivity contribution in [1.29, 1.82) is 0 Å². The SMILES string of the molecule is C=C1CC[C@H](C#CCCCCCC=C(C)C)[C@H]1C[C@@H]1OC1CCC(O[Si](C)(C)C(C)(C)C)(O[Si](C)(C)C(C)(C)C)C(=O)O. The number of carbonyl (C=O) groups is 1. The van der Waals surface area contributed by atoms with Gasteiger partial charge in [0, 0.05) is 18.8 Å². The summed E-state index contributed by atoms with van der Waals surface area (Å²) in [4.78, 5) is 13.1. The zero-order valence-electron chi connectivity index (χ0n) is 29.7. The maximum Gasteiger partial charge on any atom is 0.362 e. The molecule has 2 aliphatic rings. The van der Waals surface area contributed by atoms with E-state index >= 15 is 0 Å². The number of unbranched alkanes of at least 4 members (excludes halogenated alkanes) is 4. The van der Waals surface area contributed by atoms with Gasteiger partial charge in [-0.05, 0) is 101 Å². The van der Waals surface area contributed by atoms with Crippen LogP contribution in [0, 0.1) is 23.7 Å². The van der Waals surface area contributed by atoms with Crippen LogP contribution in [0.3, 0.4) is 0 Å². The monoisotopic (exact) mass is 632 g/mol. The Kier molecular flexibility index (Phi) is 13.2. The quantitative estimate of drug-likeness (QED) is 0.0486. The number of carboxylic acids is 1. The Morgan fingerprint density at radius 2 is 1.58 bits per heavy atom. The molecule has 1 heterocycles. The summed E-state index contributed by atoms with van der Waals surface area (Å²) in [6, 6.07) is 0. The molecule has 43 heavy (non-hydrogen) atoms. The van der Waals surface area contributed by atoms with Crippen molar-refractivity contribution in [3.8, 4) is 11.8 Å². The number of ether oxygens (including phenoxy) is 1. The van der Waals surface area contributed by atoms with Crippen LogP contribution in [-0.2, 0) is 18.4 Å². The molecule has 246 valence electrons. The van der Waals surface area contributed by atoms with Crippen molar-refractivity contribution in [3.63, 3.8) is 0 Å². The standard InChI is InChI=1S/C36H64O5Si2/c1-27(2)20-18-16-14-15-17-19-21-29-23-22-28(3)30(29)26-32-31(39-32)24-25-36(33(37)38,40-42(10,11)34(4,5)6)41-43(12,13)35(7,8)9/h20,29-32H,3,14-18,22-26H2,1-2,4-13H3,(H,37,38)/t29-,30-,31?,32-/m0/s1. The summed E-state index contributed by atoms with van der Waals surface area (Å²) in [6.45, 7) is 29.9. The lowest BCUT2D eigenvalue weighted by Crippen LogP contribution is -2.60. The molecular weight excluding hydrogens is 569 g/mol. The first-order valence-electron chi connectivity index (χ1n) is 16.7. The minimum Gasteiger partial charge on any atom is -0.477 e. The van der Waals surface area contributed by atoms with E-state index in [9.17, 15) is 9.90 Å². The van der Waals surface area contributed by atoms with E-state index in [2.05, 4.69) is 106 Å². The van der Waals surface area contributed by atoms with Crippen molar-refractivity contribution in [2.45, 2.75) is 174 Å². The summed E-state index contributed by atoms with van der Waals surface area (Å²) in [6.07, 6.45) is 12.1. The van der Waals surface area contributed by atoms with Gasteiger partial charge in [0.05, 0.1) is 12.2 Å². The van der Waals surface area contributed by atoms with Crippen LogP contribution in [-0.4, -0.2) is 45.7 Å². The van der Waals surface area contributed by atoms with Crippen molar-refractivity contribution in [3.05, 3.63) is 23.8 Å². The second-order valence-corrected chi connectivity index (χ2v) is 25.8. The van der Waals surface area contributed by atoms with Crippen LogP contribution in [0.2, 0.25) is 36.3 Å². The number of aliphatic carboxylic acids is 1. The van der Waals surface area contributed by atoms with Gasteiger partial charge in [0.1, 0.15) is 0 Å². The number of allylic oxidation sites excluding steroid dienone is 3. The third-order valence-corrected chi connectivity index (χ3v) is 19.2. The molecule has 4 atom stereocenters. The highest BCUT2D eigenvalue weighted by molar-refractivity contribution is 6.75. The lowest BCUT2D eigenvalue weighted by molar-refractivity contribution is -0.194. The molecule has 0 aromatic rings. The molecule has 7 heteroatoms. The van der Waals surface area contributed by atoms with Crippen LogP contribution in [0.1, 0.15) is 120 Å². The van der Waals surface area contributed by atoms with Gasteiger partial charge in [-0.2, -0.15) is 0 Å². The van der Waals surface area contributed by atoms with Gasteiger partial charge in [0.15, 0.2) is 16.6 Å². The minimum absolute atomic E-state index is 0.0209. The van der Waals surface area contributed by atoms with Gasteiger partial charge in [-0.3, -0.25) is 0 Å². The summed E-state index contributed by atoms with van der Waals surface area (Å²) < 4.78 is 19.6.